The molecule has 0 unspecified atom stereocenters. The summed E-state index contributed by atoms with van der Waals surface area (Å²) in [5, 5.41) is 16.1. The van der Waals surface area contributed by atoms with Crippen molar-refractivity contribution in [2.75, 3.05) is 32.1 Å². The zero-order valence-electron chi connectivity index (χ0n) is 18.9. The molecule has 8 nitrogen and oxygen atoms in total. The Morgan fingerprint density at radius 1 is 1.30 bits per heavy atom. The lowest BCUT2D eigenvalue weighted by Gasteiger charge is -2.37. The molecule has 0 spiro atoms. The van der Waals surface area contributed by atoms with Crippen molar-refractivity contribution in [1.29, 1.82) is 0 Å². The topological polar surface area (TPSA) is 104 Å². The molecule has 2 aromatic carbocycles. The molecule has 0 saturated heterocycles. The Kier molecular flexibility index (Phi) is 6.92. The Morgan fingerprint density at radius 3 is 2.82 bits per heavy atom. The van der Waals surface area contributed by atoms with E-state index in [0.29, 0.717) is 35.1 Å². The first-order chi connectivity index (χ1) is 15.9. The summed E-state index contributed by atoms with van der Waals surface area (Å²) in [7, 11) is 1.84. The number of hydrogen-bond donors (Lipinski definition) is 3. The Labute approximate surface area is 196 Å². The molecular weight excluding hydrogens is 440 g/mol. The summed E-state index contributed by atoms with van der Waals surface area (Å²) < 4.78 is 7.27. The summed E-state index contributed by atoms with van der Waals surface area (Å²) in [5.74, 6) is -0.269. The maximum absolute atomic E-state index is 13.4. The van der Waals surface area contributed by atoms with E-state index in [1.54, 1.807) is 23.1 Å². The van der Waals surface area contributed by atoms with Crippen LogP contribution in [-0.4, -0.2) is 65.7 Å². The lowest BCUT2D eigenvalue weighted by Crippen LogP contribution is -2.49. The minimum absolute atomic E-state index is 0.00318. The number of nitrogens with one attached hydrogen (secondary N) is 2. The number of amides is 2. The average molecular weight is 469 g/mol. The number of aliphatic hydroxyl groups is 1. The van der Waals surface area contributed by atoms with Crippen LogP contribution >= 0.6 is 11.3 Å². The molecule has 1 aliphatic heterocycles. The SMILES string of the molecule is CNC[C@@H]1Oc2c(NC(=O)c3nc4ccccc4s3)cccc2C(=O)N([C@H](C)CO)C[C@@H]1C. The van der Waals surface area contributed by atoms with E-state index >= 15 is 0 Å². The van der Waals surface area contributed by atoms with Gasteiger partial charge in [0.05, 0.1) is 34.1 Å². The molecule has 0 bridgehead atoms. The van der Waals surface area contributed by atoms with Crippen LogP contribution in [0.4, 0.5) is 5.69 Å². The van der Waals surface area contributed by atoms with Gasteiger partial charge in [0, 0.05) is 19.0 Å². The maximum Gasteiger partial charge on any atom is 0.284 e. The van der Waals surface area contributed by atoms with Crippen molar-refractivity contribution < 1.29 is 19.4 Å². The number of likely N-dealkylation sites (N-methyl/N-ethyl adjacent to an activating group) is 1. The molecule has 0 radical (unpaired) electrons. The summed E-state index contributed by atoms with van der Waals surface area (Å²) in [6.45, 7) is 4.71. The minimum atomic E-state index is -0.360. The van der Waals surface area contributed by atoms with Crippen molar-refractivity contribution in [2.24, 2.45) is 5.92 Å². The third-order valence-corrected chi connectivity index (χ3v) is 6.87. The van der Waals surface area contributed by atoms with Crippen molar-refractivity contribution >= 4 is 39.1 Å². The molecule has 3 N–H and O–H groups in total. The number of carbonyl (C=O) groups excluding carboxylic acids is 2. The van der Waals surface area contributed by atoms with Crippen LogP contribution in [0.15, 0.2) is 42.5 Å². The summed E-state index contributed by atoms with van der Waals surface area (Å²) in [6, 6.07) is 12.4. The molecule has 9 heteroatoms. The Bertz CT molecular complexity index is 1130. The van der Waals surface area contributed by atoms with Gasteiger partial charge >= 0.3 is 0 Å². The van der Waals surface area contributed by atoms with E-state index in [1.807, 2.05) is 45.2 Å². The minimum Gasteiger partial charge on any atom is -0.486 e. The second kappa shape index (κ2) is 9.86. The zero-order valence-corrected chi connectivity index (χ0v) is 19.7. The number of ether oxygens (including phenoxy) is 1. The Balaban J connectivity index is 1.72. The second-order valence-electron chi connectivity index (χ2n) is 8.30. The molecule has 1 aromatic heterocycles. The quantitative estimate of drug-likeness (QED) is 0.514. The van der Waals surface area contributed by atoms with Gasteiger partial charge in [-0.1, -0.05) is 25.1 Å². The fraction of sp³-hybridized carbons (Fsp3) is 0.375. The van der Waals surface area contributed by atoms with Crippen LogP contribution in [0.2, 0.25) is 0 Å². The van der Waals surface area contributed by atoms with Crippen LogP contribution in [0.1, 0.15) is 34.0 Å². The number of carbonyl (C=O) groups is 2. The van der Waals surface area contributed by atoms with Gasteiger partial charge in [-0.2, -0.15) is 0 Å². The lowest BCUT2D eigenvalue weighted by molar-refractivity contribution is 0.0417. The number of benzene rings is 2. The first kappa shape index (κ1) is 23.2. The molecule has 2 heterocycles. The van der Waals surface area contributed by atoms with Crippen LogP contribution in [0.25, 0.3) is 10.2 Å². The van der Waals surface area contributed by atoms with Gasteiger partial charge in [-0.05, 0) is 38.2 Å². The zero-order chi connectivity index (χ0) is 23.5. The van der Waals surface area contributed by atoms with E-state index in [0.717, 1.165) is 10.2 Å². The number of rotatable bonds is 6. The summed E-state index contributed by atoms with van der Waals surface area (Å²) in [5.41, 5.74) is 1.53. The van der Waals surface area contributed by atoms with Gasteiger partial charge in [0.2, 0.25) is 0 Å². The standard InChI is InChI=1S/C24H28N4O4S/c1-14-12-28(15(2)13-29)24(31)16-7-6-9-18(21(16)32-19(14)11-25-3)26-22(30)23-27-17-8-4-5-10-20(17)33-23/h4-10,14-15,19,25,29H,11-13H2,1-3H3,(H,26,30)/t14-,15+,19-/m0/s1. The first-order valence-corrected chi connectivity index (χ1v) is 11.8. The number of para-hydroxylation sites is 2. The Morgan fingerprint density at radius 2 is 2.09 bits per heavy atom. The van der Waals surface area contributed by atoms with E-state index in [-0.39, 0.29) is 36.5 Å². The van der Waals surface area contributed by atoms with Gasteiger partial charge in [0.1, 0.15) is 6.10 Å². The third kappa shape index (κ3) is 4.71. The van der Waals surface area contributed by atoms with Crippen LogP contribution in [0.3, 0.4) is 0 Å². The van der Waals surface area contributed by atoms with Crippen molar-refractivity contribution in [3.05, 3.63) is 53.0 Å². The van der Waals surface area contributed by atoms with E-state index < -0.39 is 0 Å². The highest BCUT2D eigenvalue weighted by atomic mass is 32.1. The summed E-state index contributed by atoms with van der Waals surface area (Å²) in [4.78, 5) is 32.6. The van der Waals surface area contributed by atoms with E-state index in [1.165, 1.54) is 11.3 Å². The van der Waals surface area contributed by atoms with Crippen LogP contribution < -0.4 is 15.4 Å². The molecule has 4 rings (SSSR count). The van der Waals surface area contributed by atoms with Crippen molar-refractivity contribution in [3.8, 4) is 5.75 Å². The van der Waals surface area contributed by atoms with E-state index in [4.69, 9.17) is 4.74 Å². The number of hydrogen-bond acceptors (Lipinski definition) is 7. The van der Waals surface area contributed by atoms with Crippen molar-refractivity contribution in [3.63, 3.8) is 0 Å². The Hall–Kier alpha value is -3.01. The average Bonchev–Trinajstić information content (AvgIpc) is 3.26. The predicted octanol–water partition coefficient (Wildman–Crippen LogP) is 2.99. The van der Waals surface area contributed by atoms with Crippen molar-refractivity contribution in [1.82, 2.24) is 15.2 Å². The molecule has 3 atom stereocenters. The van der Waals surface area contributed by atoms with Gasteiger partial charge in [-0.15, -0.1) is 11.3 Å². The molecule has 174 valence electrons. The molecule has 33 heavy (non-hydrogen) atoms. The predicted molar refractivity (Wildman–Crippen MR) is 129 cm³/mol. The number of aliphatic hydroxyl groups excluding tert-OH is 1. The molecule has 0 aliphatic carbocycles. The van der Waals surface area contributed by atoms with Gasteiger partial charge in [0.25, 0.3) is 11.8 Å². The number of thiazole rings is 1. The number of anilines is 1. The molecule has 3 aromatic rings. The normalized spacial score (nSPS) is 19.4. The van der Waals surface area contributed by atoms with E-state index in [2.05, 4.69) is 15.6 Å². The fourth-order valence-corrected chi connectivity index (χ4v) is 4.79. The highest BCUT2D eigenvalue weighted by Gasteiger charge is 2.34. The molecule has 1 aliphatic rings. The largest absolute Gasteiger partial charge is 0.486 e. The smallest absolute Gasteiger partial charge is 0.284 e. The summed E-state index contributed by atoms with van der Waals surface area (Å²) in [6.07, 6.45) is -0.240. The molecule has 0 saturated carbocycles. The van der Waals surface area contributed by atoms with Gasteiger partial charge in [-0.3, -0.25) is 9.59 Å². The molecule has 0 fully saturated rings. The number of fused-ring (bicyclic) bond motifs is 2. The second-order valence-corrected chi connectivity index (χ2v) is 9.33. The van der Waals surface area contributed by atoms with Crippen LogP contribution in [0, 0.1) is 5.92 Å². The van der Waals surface area contributed by atoms with Gasteiger partial charge in [0.15, 0.2) is 10.8 Å². The van der Waals surface area contributed by atoms with Gasteiger partial charge < -0.3 is 25.4 Å². The molecule has 2 amide bonds. The van der Waals surface area contributed by atoms with Gasteiger partial charge in [-0.25, -0.2) is 4.98 Å². The van der Waals surface area contributed by atoms with E-state index in [9.17, 15) is 14.7 Å². The van der Waals surface area contributed by atoms with Crippen LogP contribution in [0.5, 0.6) is 5.75 Å². The highest BCUT2D eigenvalue weighted by Crippen LogP contribution is 2.35. The fourth-order valence-electron chi connectivity index (χ4n) is 3.93. The van der Waals surface area contributed by atoms with Crippen molar-refractivity contribution in [2.45, 2.75) is 26.0 Å². The first-order valence-electron chi connectivity index (χ1n) is 11.0. The maximum atomic E-state index is 13.4. The van der Waals surface area contributed by atoms with Crippen LogP contribution in [-0.2, 0) is 0 Å². The highest BCUT2D eigenvalue weighted by molar-refractivity contribution is 7.20. The number of nitrogens with zero attached hydrogens (tertiary/aromatic N) is 2. The third-order valence-electron chi connectivity index (χ3n) is 5.83. The molecular formula is C24H28N4O4S. The summed E-state index contributed by atoms with van der Waals surface area (Å²) >= 11 is 1.31. The lowest BCUT2D eigenvalue weighted by atomic mass is 9.99. The number of aromatic nitrogens is 1. The monoisotopic (exact) mass is 468 g/mol.